The highest BCUT2D eigenvalue weighted by Crippen LogP contribution is 2.33. The number of halogens is 1. The van der Waals surface area contributed by atoms with E-state index in [1.807, 2.05) is 36.4 Å². The molecule has 0 aromatic heterocycles. The van der Waals surface area contributed by atoms with Gasteiger partial charge in [0.2, 0.25) is 0 Å². The third-order valence-electron chi connectivity index (χ3n) is 3.53. The Morgan fingerprint density at radius 3 is 1.95 bits per heavy atom. The van der Waals surface area contributed by atoms with Crippen molar-refractivity contribution in [1.82, 2.24) is 0 Å². The first-order valence-electron chi connectivity index (χ1n) is 6.81. The standard InChI is InChI=1S/C17H17ClO2/c18-11-15-12-19-17(20-15)16(13-7-3-1-4-8-13)14-9-5-2-6-10-14/h1-10,15-17H,11-12H2/t15-,17+/m0/s1. The van der Waals surface area contributed by atoms with Crippen molar-refractivity contribution in [1.29, 1.82) is 0 Å². The fourth-order valence-corrected chi connectivity index (χ4v) is 2.72. The molecular formula is C17H17ClO2. The van der Waals surface area contributed by atoms with Gasteiger partial charge in [-0.15, -0.1) is 11.6 Å². The Morgan fingerprint density at radius 2 is 1.50 bits per heavy atom. The molecule has 2 aromatic carbocycles. The molecule has 0 aliphatic carbocycles. The fourth-order valence-electron chi connectivity index (χ4n) is 2.55. The normalized spacial score (nSPS) is 22.3. The van der Waals surface area contributed by atoms with Crippen LogP contribution in [0.15, 0.2) is 60.7 Å². The van der Waals surface area contributed by atoms with Gasteiger partial charge in [0.25, 0.3) is 0 Å². The predicted octanol–water partition coefficient (Wildman–Crippen LogP) is 3.80. The van der Waals surface area contributed by atoms with Crippen LogP contribution in [0.4, 0.5) is 0 Å². The van der Waals surface area contributed by atoms with Gasteiger partial charge in [-0.2, -0.15) is 0 Å². The van der Waals surface area contributed by atoms with Crippen LogP contribution in [0.25, 0.3) is 0 Å². The van der Waals surface area contributed by atoms with Gasteiger partial charge >= 0.3 is 0 Å². The first kappa shape index (κ1) is 13.6. The first-order chi connectivity index (χ1) is 9.88. The minimum atomic E-state index is -0.274. The largest absolute Gasteiger partial charge is 0.349 e. The van der Waals surface area contributed by atoms with Crippen molar-refractivity contribution in [2.75, 3.05) is 12.5 Å². The Bertz CT molecular complexity index is 490. The molecule has 0 saturated carbocycles. The number of hydrogen-bond donors (Lipinski definition) is 0. The molecule has 2 nitrogen and oxygen atoms in total. The van der Waals surface area contributed by atoms with Crippen LogP contribution >= 0.6 is 11.6 Å². The Kier molecular flexibility index (Phi) is 4.36. The van der Waals surface area contributed by atoms with Crippen molar-refractivity contribution in [3.63, 3.8) is 0 Å². The maximum Gasteiger partial charge on any atom is 0.169 e. The zero-order valence-corrected chi connectivity index (χ0v) is 11.9. The van der Waals surface area contributed by atoms with Crippen LogP contribution in [0.3, 0.4) is 0 Å². The quantitative estimate of drug-likeness (QED) is 0.797. The molecule has 20 heavy (non-hydrogen) atoms. The van der Waals surface area contributed by atoms with Crippen LogP contribution in [0, 0.1) is 0 Å². The number of rotatable bonds is 4. The van der Waals surface area contributed by atoms with E-state index >= 15 is 0 Å². The summed E-state index contributed by atoms with van der Waals surface area (Å²) < 4.78 is 11.7. The van der Waals surface area contributed by atoms with Crippen molar-refractivity contribution in [2.45, 2.75) is 18.3 Å². The Labute approximate surface area is 124 Å². The van der Waals surface area contributed by atoms with E-state index in [1.54, 1.807) is 0 Å². The van der Waals surface area contributed by atoms with E-state index in [2.05, 4.69) is 24.3 Å². The number of alkyl halides is 1. The van der Waals surface area contributed by atoms with Crippen LogP contribution in [0.5, 0.6) is 0 Å². The van der Waals surface area contributed by atoms with E-state index in [-0.39, 0.29) is 18.3 Å². The second kappa shape index (κ2) is 6.40. The molecule has 1 heterocycles. The monoisotopic (exact) mass is 288 g/mol. The van der Waals surface area contributed by atoms with Gasteiger partial charge in [0.15, 0.2) is 6.29 Å². The van der Waals surface area contributed by atoms with E-state index in [0.717, 1.165) is 0 Å². The summed E-state index contributed by atoms with van der Waals surface area (Å²) in [6.45, 7) is 0.560. The summed E-state index contributed by atoms with van der Waals surface area (Å²) in [5, 5.41) is 0. The van der Waals surface area contributed by atoms with Gasteiger partial charge in [-0.05, 0) is 11.1 Å². The van der Waals surface area contributed by atoms with Gasteiger partial charge < -0.3 is 9.47 Å². The molecule has 2 atom stereocenters. The molecule has 3 rings (SSSR count). The van der Waals surface area contributed by atoms with Crippen LogP contribution in [0.1, 0.15) is 17.0 Å². The summed E-state index contributed by atoms with van der Waals surface area (Å²) in [6.07, 6.45) is -0.292. The molecule has 3 heteroatoms. The van der Waals surface area contributed by atoms with E-state index in [1.165, 1.54) is 11.1 Å². The third kappa shape index (κ3) is 2.88. The van der Waals surface area contributed by atoms with Crippen LogP contribution in [0.2, 0.25) is 0 Å². The van der Waals surface area contributed by atoms with E-state index in [9.17, 15) is 0 Å². The lowest BCUT2D eigenvalue weighted by atomic mass is 9.91. The number of hydrogen-bond acceptors (Lipinski definition) is 2. The molecular weight excluding hydrogens is 272 g/mol. The molecule has 1 saturated heterocycles. The maximum absolute atomic E-state index is 5.93. The summed E-state index contributed by atoms with van der Waals surface area (Å²) >= 11 is 5.86. The highest BCUT2D eigenvalue weighted by molar-refractivity contribution is 6.18. The second-order valence-electron chi connectivity index (χ2n) is 4.91. The van der Waals surface area contributed by atoms with Crippen molar-refractivity contribution < 1.29 is 9.47 Å². The van der Waals surface area contributed by atoms with Crippen LogP contribution < -0.4 is 0 Å². The molecule has 104 valence electrons. The van der Waals surface area contributed by atoms with Crippen LogP contribution in [-0.2, 0) is 9.47 Å². The average molecular weight is 289 g/mol. The molecule has 0 N–H and O–H groups in total. The number of benzene rings is 2. The molecule has 0 unspecified atom stereocenters. The lowest BCUT2D eigenvalue weighted by Crippen LogP contribution is -2.22. The highest BCUT2D eigenvalue weighted by Gasteiger charge is 2.34. The van der Waals surface area contributed by atoms with E-state index < -0.39 is 0 Å². The van der Waals surface area contributed by atoms with Crippen molar-refractivity contribution >= 4 is 11.6 Å². The maximum atomic E-state index is 5.93. The van der Waals surface area contributed by atoms with Gasteiger partial charge in [0.05, 0.1) is 24.5 Å². The van der Waals surface area contributed by atoms with Gasteiger partial charge in [0, 0.05) is 0 Å². The second-order valence-corrected chi connectivity index (χ2v) is 5.22. The minimum Gasteiger partial charge on any atom is -0.349 e. The molecule has 1 aliphatic heterocycles. The molecule has 1 fully saturated rings. The molecule has 0 radical (unpaired) electrons. The molecule has 1 aliphatic rings. The van der Waals surface area contributed by atoms with E-state index in [0.29, 0.717) is 12.5 Å². The molecule has 0 amide bonds. The third-order valence-corrected chi connectivity index (χ3v) is 3.88. The predicted molar refractivity (Wildman–Crippen MR) is 80.1 cm³/mol. The Balaban J connectivity index is 1.93. The molecule has 0 spiro atoms. The summed E-state index contributed by atoms with van der Waals surface area (Å²) in [5.74, 6) is 0.540. The van der Waals surface area contributed by atoms with Crippen LogP contribution in [-0.4, -0.2) is 24.9 Å². The summed E-state index contributed by atoms with van der Waals surface area (Å²) in [4.78, 5) is 0. The lowest BCUT2D eigenvalue weighted by molar-refractivity contribution is -0.0642. The zero-order chi connectivity index (χ0) is 13.8. The SMILES string of the molecule is ClC[C@H]1CO[C@@H](C(c2ccccc2)c2ccccc2)O1. The number of ether oxygens (including phenoxy) is 2. The average Bonchev–Trinajstić information content (AvgIpc) is 2.98. The van der Waals surface area contributed by atoms with Crippen molar-refractivity contribution in [3.8, 4) is 0 Å². The Morgan fingerprint density at radius 1 is 0.950 bits per heavy atom. The first-order valence-corrected chi connectivity index (χ1v) is 7.35. The Hall–Kier alpha value is -1.35. The molecule has 2 aromatic rings. The van der Waals surface area contributed by atoms with Gasteiger partial charge in [-0.3, -0.25) is 0 Å². The summed E-state index contributed by atoms with van der Waals surface area (Å²) in [6, 6.07) is 20.6. The van der Waals surface area contributed by atoms with Crippen molar-refractivity contribution in [2.24, 2.45) is 0 Å². The minimum absolute atomic E-state index is 0.0170. The van der Waals surface area contributed by atoms with E-state index in [4.69, 9.17) is 21.1 Å². The fraction of sp³-hybridized carbons (Fsp3) is 0.294. The molecule has 0 bridgehead atoms. The van der Waals surface area contributed by atoms with Gasteiger partial charge in [-0.25, -0.2) is 0 Å². The smallest absolute Gasteiger partial charge is 0.169 e. The van der Waals surface area contributed by atoms with Gasteiger partial charge in [0.1, 0.15) is 0 Å². The summed E-state index contributed by atoms with van der Waals surface area (Å²) in [5.41, 5.74) is 2.39. The zero-order valence-electron chi connectivity index (χ0n) is 11.1. The van der Waals surface area contributed by atoms with Crippen molar-refractivity contribution in [3.05, 3.63) is 71.8 Å². The summed E-state index contributed by atoms with van der Waals surface area (Å²) in [7, 11) is 0. The van der Waals surface area contributed by atoms with Gasteiger partial charge in [-0.1, -0.05) is 60.7 Å². The topological polar surface area (TPSA) is 18.5 Å². The highest BCUT2D eigenvalue weighted by atomic mass is 35.5. The lowest BCUT2D eigenvalue weighted by Gasteiger charge is -2.23.